The van der Waals surface area contributed by atoms with Gasteiger partial charge in [0.05, 0.1) is 5.39 Å². The molecule has 0 spiro atoms. The van der Waals surface area contributed by atoms with E-state index in [0.717, 1.165) is 36.4 Å². The van der Waals surface area contributed by atoms with Crippen molar-refractivity contribution in [2.75, 3.05) is 35.6 Å². The molecule has 3 fully saturated rings. The lowest BCUT2D eigenvalue weighted by atomic mass is 9.97. The molecule has 12 nitrogen and oxygen atoms in total. The molecule has 0 radical (unpaired) electrons. The zero-order chi connectivity index (χ0) is 34.4. The van der Waals surface area contributed by atoms with E-state index in [1.54, 1.807) is 46.9 Å². The Labute approximate surface area is 291 Å². The van der Waals surface area contributed by atoms with Crippen LogP contribution < -0.4 is 26.0 Å². The Kier molecular flexibility index (Phi) is 8.29. The molecule has 2 aromatic carbocycles. The molecule has 14 heteroatoms. The monoisotopic (exact) mass is 688 g/mol. The molecule has 3 aromatic heterocycles. The Bertz CT molecular complexity index is 2170. The maximum absolute atomic E-state index is 16.6. The number of nitrogen functional groups attached to an aromatic ring is 1. The highest BCUT2D eigenvalue weighted by molar-refractivity contribution is 7.97. The lowest BCUT2D eigenvalue weighted by Gasteiger charge is -2.34. The molecule has 4 N–H and O–H groups in total. The van der Waals surface area contributed by atoms with Crippen molar-refractivity contribution in [1.82, 2.24) is 34.4 Å². The van der Waals surface area contributed by atoms with Crippen molar-refractivity contribution in [2.45, 2.75) is 48.6 Å². The predicted octanol–water partition coefficient (Wildman–Crippen LogP) is 5.04. The van der Waals surface area contributed by atoms with Gasteiger partial charge < -0.3 is 26.0 Å². The maximum Gasteiger partial charge on any atom is 0.319 e. The lowest BCUT2D eigenvalue weighted by Crippen LogP contribution is -2.51. The molecule has 2 unspecified atom stereocenters. The summed E-state index contributed by atoms with van der Waals surface area (Å²) in [6.45, 7) is 4.90. The van der Waals surface area contributed by atoms with Crippen molar-refractivity contribution in [1.29, 1.82) is 0 Å². The number of fused-ring (bicyclic) bond motifs is 3. The molecule has 5 aromatic rings. The first kappa shape index (κ1) is 31.7. The fraction of sp³-hybridized carbons (Fsp3) is 0.278. The van der Waals surface area contributed by atoms with Crippen LogP contribution in [0, 0.1) is 18.2 Å². The van der Waals surface area contributed by atoms with E-state index < -0.39 is 18.3 Å². The van der Waals surface area contributed by atoms with E-state index in [0.29, 0.717) is 58.3 Å². The van der Waals surface area contributed by atoms with E-state index in [1.165, 1.54) is 11.9 Å². The van der Waals surface area contributed by atoms with Crippen molar-refractivity contribution >= 4 is 51.5 Å². The molecule has 8 rings (SSSR count). The first-order chi connectivity index (χ1) is 24.3. The highest BCUT2D eigenvalue weighted by Gasteiger charge is 2.34. The van der Waals surface area contributed by atoms with Gasteiger partial charge in [0, 0.05) is 76.6 Å². The zero-order valence-electron chi connectivity index (χ0n) is 27.0. The number of amides is 1. The van der Waals surface area contributed by atoms with Crippen LogP contribution in [0.4, 0.5) is 21.6 Å². The third-order valence-corrected chi connectivity index (χ3v) is 9.91. The molecule has 5 heterocycles. The van der Waals surface area contributed by atoms with Crippen LogP contribution in [0.25, 0.3) is 27.7 Å². The van der Waals surface area contributed by atoms with Gasteiger partial charge in [0.2, 0.25) is 0 Å². The standard InChI is InChI=1S/C36H33FN10O2S/c1-3-20(2)27-13-6-22(38)14-28(27)32-31(37)33-29(15-39-32)35(46-16-24-7-8-25(17-46)41-24)44-36(43-33)49-18-30(48)42-23-9-11-26(12-10-23)50-47-19-40-34(45-47)21-4-5-21/h1,6,9-15,19,21,24-25,41H,2,4-5,7-8,16-18,38H2,(H,42,48). The summed E-state index contributed by atoms with van der Waals surface area (Å²) in [5, 5.41) is 11.4. The van der Waals surface area contributed by atoms with Crippen LogP contribution in [0.2, 0.25) is 0 Å². The fourth-order valence-electron chi connectivity index (χ4n) is 6.45. The second-order valence-corrected chi connectivity index (χ2v) is 13.7. The second-order valence-electron chi connectivity index (χ2n) is 12.7. The number of benzene rings is 2. The average molecular weight is 689 g/mol. The summed E-state index contributed by atoms with van der Waals surface area (Å²) in [5.74, 6) is 3.26. The number of terminal acetylenes is 1. The Morgan fingerprint density at radius 2 is 1.90 bits per heavy atom. The molecule has 2 saturated heterocycles. The number of anilines is 3. The maximum atomic E-state index is 16.6. The summed E-state index contributed by atoms with van der Waals surface area (Å²) in [6, 6.07) is 12.8. The van der Waals surface area contributed by atoms with Gasteiger partial charge in [0.15, 0.2) is 18.2 Å². The highest BCUT2D eigenvalue weighted by Crippen LogP contribution is 2.39. The number of halogens is 1. The number of hydrogen-bond donors (Lipinski definition) is 3. The highest BCUT2D eigenvalue weighted by atomic mass is 32.2. The van der Waals surface area contributed by atoms with Gasteiger partial charge in [-0.15, -0.1) is 11.5 Å². The quantitative estimate of drug-likeness (QED) is 0.134. The van der Waals surface area contributed by atoms with Crippen LogP contribution in [-0.2, 0) is 4.79 Å². The number of allylic oxidation sites excluding steroid dienone is 1. The van der Waals surface area contributed by atoms with Crippen LogP contribution in [0.1, 0.15) is 43.0 Å². The molecule has 1 aliphatic carbocycles. The number of rotatable bonds is 10. The minimum Gasteiger partial charge on any atom is -0.453 e. The number of pyridine rings is 1. The van der Waals surface area contributed by atoms with Gasteiger partial charge in [-0.25, -0.2) is 9.37 Å². The number of ether oxygens (including phenoxy) is 1. The van der Waals surface area contributed by atoms with E-state index in [4.69, 9.17) is 16.9 Å². The Morgan fingerprint density at radius 1 is 1.12 bits per heavy atom. The Balaban J connectivity index is 1.04. The number of carbonyl (C=O) groups is 1. The molecule has 2 bridgehead atoms. The van der Waals surface area contributed by atoms with Gasteiger partial charge in [0.25, 0.3) is 5.91 Å². The van der Waals surface area contributed by atoms with Crippen molar-refractivity contribution in [3.8, 4) is 29.6 Å². The molecule has 1 saturated carbocycles. The molecule has 2 aliphatic heterocycles. The van der Waals surface area contributed by atoms with Crippen LogP contribution in [0.5, 0.6) is 6.01 Å². The summed E-state index contributed by atoms with van der Waals surface area (Å²) in [5.41, 5.74) is 8.39. The van der Waals surface area contributed by atoms with E-state index >= 15 is 4.39 Å². The number of aromatic nitrogens is 6. The lowest BCUT2D eigenvalue weighted by molar-refractivity contribution is -0.118. The third kappa shape index (κ3) is 6.45. The molecule has 50 heavy (non-hydrogen) atoms. The summed E-state index contributed by atoms with van der Waals surface area (Å²) in [6.07, 6.45) is 13.3. The summed E-state index contributed by atoms with van der Waals surface area (Å²) in [7, 11) is 0. The van der Waals surface area contributed by atoms with E-state index in [9.17, 15) is 4.79 Å². The largest absolute Gasteiger partial charge is 0.453 e. The molecule has 1 amide bonds. The number of carbonyl (C=O) groups excluding carboxylic acids is 1. The molecule has 252 valence electrons. The Morgan fingerprint density at radius 3 is 2.64 bits per heavy atom. The van der Waals surface area contributed by atoms with E-state index in [1.807, 2.05) is 12.1 Å². The van der Waals surface area contributed by atoms with Crippen molar-refractivity contribution < 1.29 is 13.9 Å². The number of nitrogens with zero attached hydrogens (tertiary/aromatic N) is 7. The third-order valence-electron chi connectivity index (χ3n) is 9.06. The second kappa shape index (κ2) is 13.1. The van der Waals surface area contributed by atoms with Gasteiger partial charge in [-0.1, -0.05) is 18.6 Å². The number of nitrogens with two attached hydrogens (primary N) is 1. The van der Waals surface area contributed by atoms with Crippen LogP contribution in [0.15, 0.2) is 66.5 Å². The van der Waals surface area contributed by atoms with E-state index in [-0.39, 0.29) is 29.3 Å². The topological polar surface area (TPSA) is 149 Å². The summed E-state index contributed by atoms with van der Waals surface area (Å²) >= 11 is 1.44. The summed E-state index contributed by atoms with van der Waals surface area (Å²) < 4.78 is 24.1. The number of piperazine rings is 1. The average Bonchev–Trinajstić information content (AvgIpc) is 3.78. The minimum atomic E-state index is -0.692. The Hall–Kier alpha value is -5.52. The van der Waals surface area contributed by atoms with Gasteiger partial charge in [-0.3, -0.25) is 9.78 Å². The number of nitrogens with one attached hydrogen (secondary N) is 2. The molecular formula is C36H33FN10O2S. The smallest absolute Gasteiger partial charge is 0.319 e. The first-order valence-electron chi connectivity index (χ1n) is 16.4. The molecule has 3 aliphatic rings. The van der Waals surface area contributed by atoms with Crippen molar-refractivity contribution in [2.24, 2.45) is 0 Å². The zero-order valence-corrected chi connectivity index (χ0v) is 27.8. The van der Waals surface area contributed by atoms with E-state index in [2.05, 4.69) is 53.1 Å². The van der Waals surface area contributed by atoms with Crippen LogP contribution >= 0.6 is 11.9 Å². The van der Waals surface area contributed by atoms with Crippen molar-refractivity contribution in [3.05, 3.63) is 78.8 Å². The van der Waals surface area contributed by atoms with Gasteiger partial charge >= 0.3 is 6.01 Å². The van der Waals surface area contributed by atoms with Gasteiger partial charge in [-0.05, 0) is 67.6 Å². The van der Waals surface area contributed by atoms with Crippen molar-refractivity contribution in [3.63, 3.8) is 0 Å². The fourth-order valence-corrected chi connectivity index (χ4v) is 7.14. The SMILES string of the molecule is C#CC(=C)c1ccc(N)cc1-c1ncc2c(N3CC4CCC(C3)N4)nc(OCC(=O)Nc3ccc(Sn4cnc(C5CC5)n4)cc3)nc2c1F. The molecular weight excluding hydrogens is 656 g/mol. The van der Waals surface area contributed by atoms with Gasteiger partial charge in [0.1, 0.15) is 23.4 Å². The predicted molar refractivity (Wildman–Crippen MR) is 191 cm³/mol. The van der Waals surface area contributed by atoms with Crippen LogP contribution in [-0.4, -0.2) is 66.8 Å². The minimum absolute atomic E-state index is 0.00528. The summed E-state index contributed by atoms with van der Waals surface area (Å²) in [4.78, 5) is 34.1. The molecule has 2 atom stereocenters. The van der Waals surface area contributed by atoms with Gasteiger partial charge in [-0.2, -0.15) is 14.1 Å². The van der Waals surface area contributed by atoms with Crippen LogP contribution in [0.3, 0.4) is 0 Å². The normalized spacial score (nSPS) is 18.2. The first-order valence-corrected chi connectivity index (χ1v) is 17.1. The number of hydrogen-bond acceptors (Lipinski definition) is 11.